The van der Waals surface area contributed by atoms with Crippen LogP contribution in [0.3, 0.4) is 0 Å². The van der Waals surface area contributed by atoms with Crippen LogP contribution in [0.15, 0.2) is 65.1 Å². The smallest absolute Gasteiger partial charge is 0.123 e. The van der Waals surface area contributed by atoms with Gasteiger partial charge in [0.15, 0.2) is 0 Å². The molecule has 3 rings (SSSR count). The molecule has 21 heavy (non-hydrogen) atoms. The molecule has 106 valence electrons. The van der Waals surface area contributed by atoms with Crippen molar-refractivity contribution in [1.82, 2.24) is 5.32 Å². The van der Waals surface area contributed by atoms with E-state index in [0.717, 1.165) is 15.6 Å². The third kappa shape index (κ3) is 2.71. The molecule has 3 heteroatoms. The molecule has 0 heterocycles. The topological polar surface area (TPSA) is 12.0 Å². The highest BCUT2D eigenvalue weighted by molar-refractivity contribution is 9.10. The molecule has 0 amide bonds. The number of nitrogens with one attached hydrogen (secondary N) is 1. The predicted octanol–water partition coefficient (Wildman–Crippen LogP) is 5.05. The van der Waals surface area contributed by atoms with Gasteiger partial charge in [0.05, 0.1) is 6.04 Å². The molecule has 0 saturated heterocycles. The van der Waals surface area contributed by atoms with Gasteiger partial charge in [0.25, 0.3) is 0 Å². The Hall–Kier alpha value is -1.71. The Morgan fingerprint density at radius 2 is 1.71 bits per heavy atom. The van der Waals surface area contributed by atoms with Crippen LogP contribution in [0.4, 0.5) is 4.39 Å². The molecule has 3 aromatic rings. The molecule has 1 atom stereocenters. The van der Waals surface area contributed by atoms with Crippen LogP contribution in [-0.4, -0.2) is 7.05 Å². The molecule has 0 bridgehead atoms. The van der Waals surface area contributed by atoms with Crippen molar-refractivity contribution in [3.05, 3.63) is 82.1 Å². The maximum absolute atomic E-state index is 13.6. The van der Waals surface area contributed by atoms with Gasteiger partial charge in [-0.2, -0.15) is 0 Å². The number of halogens is 2. The quantitative estimate of drug-likeness (QED) is 0.701. The summed E-state index contributed by atoms with van der Waals surface area (Å²) in [6, 6.07) is 19.2. The Kier molecular flexibility index (Phi) is 4.04. The Labute approximate surface area is 131 Å². The standard InChI is InChI=1S/C18H15BrFN/c1-21-18(16-11-13(20)9-10-17(16)19)15-8-4-6-12-5-2-3-7-14(12)15/h2-11,18,21H,1H3. The highest BCUT2D eigenvalue weighted by atomic mass is 79.9. The maximum atomic E-state index is 13.6. The lowest BCUT2D eigenvalue weighted by Crippen LogP contribution is -2.18. The highest BCUT2D eigenvalue weighted by Crippen LogP contribution is 2.32. The van der Waals surface area contributed by atoms with Crippen LogP contribution < -0.4 is 5.32 Å². The second-order valence-corrected chi connectivity index (χ2v) is 5.81. The maximum Gasteiger partial charge on any atom is 0.123 e. The van der Waals surface area contributed by atoms with Gasteiger partial charge in [0.2, 0.25) is 0 Å². The lowest BCUT2D eigenvalue weighted by Gasteiger charge is -2.20. The van der Waals surface area contributed by atoms with Crippen molar-refractivity contribution in [3.8, 4) is 0 Å². The summed E-state index contributed by atoms with van der Waals surface area (Å²) < 4.78 is 14.5. The summed E-state index contributed by atoms with van der Waals surface area (Å²) in [7, 11) is 1.89. The average Bonchev–Trinajstić information content (AvgIpc) is 2.51. The van der Waals surface area contributed by atoms with Gasteiger partial charge in [0, 0.05) is 4.47 Å². The van der Waals surface area contributed by atoms with E-state index in [1.165, 1.54) is 16.8 Å². The number of hydrogen-bond donors (Lipinski definition) is 1. The molecule has 0 fully saturated rings. The van der Waals surface area contributed by atoms with E-state index in [2.05, 4.69) is 45.5 Å². The van der Waals surface area contributed by atoms with E-state index in [0.29, 0.717) is 0 Å². The molecule has 0 aromatic heterocycles. The molecular weight excluding hydrogens is 329 g/mol. The number of hydrogen-bond acceptors (Lipinski definition) is 1. The molecule has 1 nitrogen and oxygen atoms in total. The normalized spacial score (nSPS) is 12.5. The molecule has 1 unspecified atom stereocenters. The fourth-order valence-corrected chi connectivity index (χ4v) is 3.19. The zero-order valence-electron chi connectivity index (χ0n) is 11.6. The van der Waals surface area contributed by atoms with E-state index in [1.54, 1.807) is 12.1 Å². The van der Waals surface area contributed by atoms with E-state index in [9.17, 15) is 4.39 Å². The number of rotatable bonds is 3. The SMILES string of the molecule is CNC(c1cc(F)ccc1Br)c1cccc2ccccc12. The molecule has 0 saturated carbocycles. The summed E-state index contributed by atoms with van der Waals surface area (Å²) in [4.78, 5) is 0. The summed E-state index contributed by atoms with van der Waals surface area (Å²) in [5.74, 6) is -0.228. The van der Waals surface area contributed by atoms with Crippen LogP contribution in [0.2, 0.25) is 0 Å². The van der Waals surface area contributed by atoms with E-state index in [1.807, 2.05) is 25.2 Å². The second-order valence-electron chi connectivity index (χ2n) is 4.96. The van der Waals surface area contributed by atoms with Crippen molar-refractivity contribution in [1.29, 1.82) is 0 Å². The van der Waals surface area contributed by atoms with Gasteiger partial charge in [0.1, 0.15) is 5.82 Å². The Balaban J connectivity index is 2.21. The lowest BCUT2D eigenvalue weighted by atomic mass is 9.94. The van der Waals surface area contributed by atoms with E-state index < -0.39 is 0 Å². The summed E-state index contributed by atoms with van der Waals surface area (Å²) in [6.45, 7) is 0. The first kappa shape index (κ1) is 14.2. The molecular formula is C18H15BrFN. The van der Waals surface area contributed by atoms with Gasteiger partial charge < -0.3 is 5.32 Å². The van der Waals surface area contributed by atoms with Gasteiger partial charge in [-0.05, 0) is 47.1 Å². The monoisotopic (exact) mass is 343 g/mol. The molecule has 0 aliphatic carbocycles. The van der Waals surface area contributed by atoms with E-state index in [4.69, 9.17) is 0 Å². The second kappa shape index (κ2) is 5.96. The summed E-state index contributed by atoms with van der Waals surface area (Å²) in [6.07, 6.45) is 0. The van der Waals surface area contributed by atoms with Crippen LogP contribution in [0.25, 0.3) is 10.8 Å². The van der Waals surface area contributed by atoms with E-state index in [-0.39, 0.29) is 11.9 Å². The summed E-state index contributed by atoms with van der Waals surface area (Å²) in [5, 5.41) is 5.66. The molecule has 3 aromatic carbocycles. The van der Waals surface area contributed by atoms with Crippen molar-refractivity contribution >= 4 is 26.7 Å². The Bertz CT molecular complexity index is 780. The third-order valence-corrected chi connectivity index (χ3v) is 4.41. The average molecular weight is 344 g/mol. The van der Waals surface area contributed by atoms with E-state index >= 15 is 0 Å². The minimum atomic E-state index is -0.228. The van der Waals surface area contributed by atoms with Crippen molar-refractivity contribution < 1.29 is 4.39 Å². The summed E-state index contributed by atoms with van der Waals surface area (Å²) >= 11 is 3.53. The van der Waals surface area contributed by atoms with Crippen molar-refractivity contribution in [2.45, 2.75) is 6.04 Å². The minimum Gasteiger partial charge on any atom is -0.309 e. The fraction of sp³-hybridized carbons (Fsp3) is 0.111. The first-order valence-corrected chi connectivity index (χ1v) is 7.60. The van der Waals surface area contributed by atoms with Gasteiger partial charge in [-0.25, -0.2) is 4.39 Å². The first-order chi connectivity index (χ1) is 10.2. The number of fused-ring (bicyclic) bond motifs is 1. The fourth-order valence-electron chi connectivity index (χ4n) is 2.72. The van der Waals surface area contributed by atoms with Crippen LogP contribution in [0, 0.1) is 5.82 Å². The molecule has 1 N–H and O–H groups in total. The molecule has 0 aliphatic heterocycles. The van der Waals surface area contributed by atoms with Crippen molar-refractivity contribution in [3.63, 3.8) is 0 Å². The Morgan fingerprint density at radius 3 is 2.52 bits per heavy atom. The zero-order valence-corrected chi connectivity index (χ0v) is 13.2. The number of benzene rings is 3. The van der Waals surface area contributed by atoms with Gasteiger partial charge >= 0.3 is 0 Å². The van der Waals surface area contributed by atoms with Crippen LogP contribution >= 0.6 is 15.9 Å². The van der Waals surface area contributed by atoms with Gasteiger partial charge in [-0.3, -0.25) is 0 Å². The molecule has 0 spiro atoms. The van der Waals surface area contributed by atoms with Crippen LogP contribution in [-0.2, 0) is 0 Å². The highest BCUT2D eigenvalue weighted by Gasteiger charge is 2.17. The summed E-state index contributed by atoms with van der Waals surface area (Å²) in [5.41, 5.74) is 2.04. The minimum absolute atomic E-state index is 0.0684. The Morgan fingerprint density at radius 1 is 0.952 bits per heavy atom. The lowest BCUT2D eigenvalue weighted by molar-refractivity contribution is 0.616. The van der Waals surface area contributed by atoms with Crippen LogP contribution in [0.1, 0.15) is 17.2 Å². The van der Waals surface area contributed by atoms with Crippen LogP contribution in [0.5, 0.6) is 0 Å². The largest absolute Gasteiger partial charge is 0.309 e. The molecule has 0 radical (unpaired) electrons. The zero-order chi connectivity index (χ0) is 14.8. The van der Waals surface area contributed by atoms with Crippen molar-refractivity contribution in [2.24, 2.45) is 0 Å². The van der Waals surface area contributed by atoms with Gasteiger partial charge in [-0.1, -0.05) is 58.4 Å². The van der Waals surface area contributed by atoms with Gasteiger partial charge in [-0.15, -0.1) is 0 Å². The van der Waals surface area contributed by atoms with Crippen molar-refractivity contribution in [2.75, 3.05) is 7.05 Å². The molecule has 0 aliphatic rings. The predicted molar refractivity (Wildman–Crippen MR) is 89.0 cm³/mol. The third-order valence-electron chi connectivity index (χ3n) is 3.69. The first-order valence-electron chi connectivity index (χ1n) is 6.80.